The highest BCUT2D eigenvalue weighted by Gasteiger charge is 2.34. The van der Waals surface area contributed by atoms with Crippen LogP contribution in [0.15, 0.2) is 0 Å². The molecule has 0 heterocycles. The molecule has 1 fully saturated rings. The zero-order valence-electron chi connectivity index (χ0n) is 13.1. The normalized spacial score (nSPS) is 17.7. The van der Waals surface area contributed by atoms with E-state index in [1.54, 1.807) is 7.11 Å². The summed E-state index contributed by atoms with van der Waals surface area (Å²) in [5.74, 6) is 0. The van der Waals surface area contributed by atoms with Crippen LogP contribution in [-0.4, -0.2) is 65.4 Å². The fourth-order valence-electron chi connectivity index (χ4n) is 2.53. The number of nitrogens with one attached hydrogen (secondary N) is 1. The molecule has 0 bridgehead atoms. The van der Waals surface area contributed by atoms with Crippen LogP contribution in [0.1, 0.15) is 32.6 Å². The van der Waals surface area contributed by atoms with E-state index in [4.69, 9.17) is 18.9 Å². The van der Waals surface area contributed by atoms with Crippen molar-refractivity contribution in [2.75, 3.05) is 59.8 Å². The number of methoxy groups -OCH3 is 1. The first-order chi connectivity index (χ1) is 9.83. The molecule has 1 aliphatic carbocycles. The van der Waals surface area contributed by atoms with E-state index in [0.29, 0.717) is 39.6 Å². The largest absolute Gasteiger partial charge is 0.382 e. The van der Waals surface area contributed by atoms with E-state index < -0.39 is 0 Å². The Hall–Kier alpha value is -0.200. The average molecular weight is 289 g/mol. The first-order valence-corrected chi connectivity index (χ1v) is 7.82. The summed E-state index contributed by atoms with van der Waals surface area (Å²) in [5, 5.41) is 3.41. The van der Waals surface area contributed by atoms with Gasteiger partial charge in [-0.3, -0.25) is 0 Å². The van der Waals surface area contributed by atoms with Crippen LogP contribution < -0.4 is 5.32 Å². The highest BCUT2D eigenvalue weighted by molar-refractivity contribution is 4.88. The van der Waals surface area contributed by atoms with Gasteiger partial charge >= 0.3 is 0 Å². The molecule has 1 rings (SSSR count). The first-order valence-electron chi connectivity index (χ1n) is 7.82. The van der Waals surface area contributed by atoms with Crippen molar-refractivity contribution < 1.29 is 18.9 Å². The van der Waals surface area contributed by atoms with Crippen LogP contribution in [0, 0.1) is 0 Å². The summed E-state index contributed by atoms with van der Waals surface area (Å²) < 4.78 is 21.8. The summed E-state index contributed by atoms with van der Waals surface area (Å²) in [7, 11) is 1.67. The van der Waals surface area contributed by atoms with Gasteiger partial charge in [0.05, 0.1) is 45.2 Å². The molecule has 0 saturated heterocycles. The lowest BCUT2D eigenvalue weighted by atomic mass is 10.0. The van der Waals surface area contributed by atoms with Crippen LogP contribution in [0.25, 0.3) is 0 Å². The van der Waals surface area contributed by atoms with E-state index in [-0.39, 0.29) is 5.60 Å². The zero-order chi connectivity index (χ0) is 14.5. The maximum Gasteiger partial charge on any atom is 0.0807 e. The third-order valence-electron chi connectivity index (χ3n) is 3.65. The van der Waals surface area contributed by atoms with E-state index >= 15 is 0 Å². The first kappa shape index (κ1) is 17.9. The molecule has 0 aromatic heterocycles. The highest BCUT2D eigenvalue weighted by atomic mass is 16.6. The van der Waals surface area contributed by atoms with E-state index in [2.05, 4.69) is 12.2 Å². The third-order valence-corrected chi connectivity index (χ3v) is 3.65. The average Bonchev–Trinajstić information content (AvgIpc) is 2.93. The van der Waals surface area contributed by atoms with Crippen molar-refractivity contribution in [3.63, 3.8) is 0 Å². The Labute approximate surface area is 123 Å². The SMILES string of the molecule is CCNCC1(OCCOCCOCCOC)CCCC1. The Morgan fingerprint density at radius 1 is 0.900 bits per heavy atom. The van der Waals surface area contributed by atoms with Crippen molar-refractivity contribution in [3.8, 4) is 0 Å². The molecule has 0 unspecified atom stereocenters. The summed E-state index contributed by atoms with van der Waals surface area (Å²) in [6, 6.07) is 0. The molecule has 0 aliphatic heterocycles. The summed E-state index contributed by atoms with van der Waals surface area (Å²) in [4.78, 5) is 0. The minimum atomic E-state index is 0.0499. The van der Waals surface area contributed by atoms with Gasteiger partial charge in [0.15, 0.2) is 0 Å². The lowest BCUT2D eigenvalue weighted by molar-refractivity contribution is -0.0676. The number of rotatable bonds is 13. The Balaban J connectivity index is 1.98. The van der Waals surface area contributed by atoms with E-state index in [1.807, 2.05) is 0 Å². The minimum Gasteiger partial charge on any atom is -0.382 e. The maximum absolute atomic E-state index is 6.09. The second-order valence-corrected chi connectivity index (χ2v) is 5.24. The van der Waals surface area contributed by atoms with Gasteiger partial charge in [-0.05, 0) is 19.4 Å². The standard InChI is InChI=1S/C15H31NO4/c1-3-16-14-15(6-4-5-7-15)20-13-12-19-11-10-18-9-8-17-2/h16H,3-14H2,1-2H3. The lowest BCUT2D eigenvalue weighted by Crippen LogP contribution is -2.41. The Kier molecular flexibility index (Phi) is 10.2. The van der Waals surface area contributed by atoms with Crippen molar-refractivity contribution >= 4 is 0 Å². The Bertz CT molecular complexity index is 220. The summed E-state index contributed by atoms with van der Waals surface area (Å²) in [6.07, 6.45) is 4.89. The molecule has 1 aliphatic rings. The molecule has 0 radical (unpaired) electrons. The maximum atomic E-state index is 6.09. The van der Waals surface area contributed by atoms with Gasteiger partial charge in [0.1, 0.15) is 0 Å². The van der Waals surface area contributed by atoms with Gasteiger partial charge in [0.25, 0.3) is 0 Å². The molecule has 120 valence electrons. The van der Waals surface area contributed by atoms with Gasteiger partial charge in [-0.15, -0.1) is 0 Å². The summed E-state index contributed by atoms with van der Waals surface area (Å²) >= 11 is 0. The monoisotopic (exact) mass is 289 g/mol. The predicted octanol–water partition coefficient (Wildman–Crippen LogP) is 1.60. The molecule has 0 aromatic rings. The molecular weight excluding hydrogens is 258 g/mol. The quantitative estimate of drug-likeness (QED) is 0.522. The van der Waals surface area contributed by atoms with Gasteiger partial charge in [-0.1, -0.05) is 19.8 Å². The van der Waals surface area contributed by atoms with Gasteiger partial charge < -0.3 is 24.3 Å². The van der Waals surface area contributed by atoms with Gasteiger partial charge in [-0.2, -0.15) is 0 Å². The second kappa shape index (κ2) is 11.5. The van der Waals surface area contributed by atoms with E-state index in [0.717, 1.165) is 13.1 Å². The van der Waals surface area contributed by atoms with Crippen molar-refractivity contribution in [2.45, 2.75) is 38.2 Å². The molecule has 0 amide bonds. The van der Waals surface area contributed by atoms with Crippen LogP contribution in [0.3, 0.4) is 0 Å². The molecular formula is C15H31NO4. The van der Waals surface area contributed by atoms with E-state index in [1.165, 1.54) is 25.7 Å². The minimum absolute atomic E-state index is 0.0499. The van der Waals surface area contributed by atoms with Crippen molar-refractivity contribution in [1.82, 2.24) is 5.32 Å². The number of likely N-dealkylation sites (N-methyl/N-ethyl adjacent to an activating group) is 1. The molecule has 1 saturated carbocycles. The highest BCUT2D eigenvalue weighted by Crippen LogP contribution is 2.32. The van der Waals surface area contributed by atoms with Gasteiger partial charge in [-0.25, -0.2) is 0 Å². The molecule has 0 spiro atoms. The van der Waals surface area contributed by atoms with Crippen LogP contribution in [0.5, 0.6) is 0 Å². The molecule has 0 atom stereocenters. The van der Waals surface area contributed by atoms with Crippen LogP contribution in [-0.2, 0) is 18.9 Å². The fraction of sp³-hybridized carbons (Fsp3) is 1.00. The topological polar surface area (TPSA) is 49.0 Å². The van der Waals surface area contributed by atoms with Gasteiger partial charge in [0, 0.05) is 13.7 Å². The molecule has 5 heteroatoms. The third kappa shape index (κ3) is 7.55. The predicted molar refractivity (Wildman–Crippen MR) is 79.2 cm³/mol. The molecule has 1 N–H and O–H groups in total. The number of hydrogen-bond donors (Lipinski definition) is 1. The Morgan fingerprint density at radius 2 is 1.50 bits per heavy atom. The summed E-state index contributed by atoms with van der Waals surface area (Å²) in [6.45, 7) is 7.90. The van der Waals surface area contributed by atoms with Crippen LogP contribution in [0.2, 0.25) is 0 Å². The molecule has 20 heavy (non-hydrogen) atoms. The van der Waals surface area contributed by atoms with Crippen LogP contribution in [0.4, 0.5) is 0 Å². The van der Waals surface area contributed by atoms with Crippen molar-refractivity contribution in [2.24, 2.45) is 0 Å². The Morgan fingerprint density at radius 3 is 2.10 bits per heavy atom. The van der Waals surface area contributed by atoms with Gasteiger partial charge in [0.2, 0.25) is 0 Å². The number of hydrogen-bond acceptors (Lipinski definition) is 5. The number of ether oxygens (including phenoxy) is 4. The summed E-state index contributed by atoms with van der Waals surface area (Å²) in [5.41, 5.74) is 0.0499. The molecule has 0 aromatic carbocycles. The lowest BCUT2D eigenvalue weighted by Gasteiger charge is -2.29. The molecule has 5 nitrogen and oxygen atoms in total. The van der Waals surface area contributed by atoms with Crippen molar-refractivity contribution in [1.29, 1.82) is 0 Å². The second-order valence-electron chi connectivity index (χ2n) is 5.24. The van der Waals surface area contributed by atoms with E-state index in [9.17, 15) is 0 Å². The fourth-order valence-corrected chi connectivity index (χ4v) is 2.53. The zero-order valence-corrected chi connectivity index (χ0v) is 13.1. The van der Waals surface area contributed by atoms with Crippen LogP contribution >= 0.6 is 0 Å². The van der Waals surface area contributed by atoms with Crippen molar-refractivity contribution in [3.05, 3.63) is 0 Å². The smallest absolute Gasteiger partial charge is 0.0807 e.